The number of halogens is 4. The van der Waals surface area contributed by atoms with Crippen LogP contribution in [0.3, 0.4) is 0 Å². The van der Waals surface area contributed by atoms with Crippen molar-refractivity contribution in [2.75, 3.05) is 0 Å². The van der Waals surface area contributed by atoms with Crippen LogP contribution in [0.2, 0.25) is 0 Å². The lowest BCUT2D eigenvalue weighted by Gasteiger charge is -2.08. The maximum Gasteiger partial charge on any atom is 0.419 e. The number of nitrogens with one attached hydrogen (secondary N) is 1. The highest BCUT2D eigenvalue weighted by Gasteiger charge is 2.33. The van der Waals surface area contributed by atoms with E-state index in [1.807, 2.05) is 4.83 Å². The van der Waals surface area contributed by atoms with Gasteiger partial charge in [-0.3, -0.25) is 0 Å². The fourth-order valence-corrected chi connectivity index (χ4v) is 2.57. The number of benzene rings is 2. The van der Waals surface area contributed by atoms with Crippen molar-refractivity contribution in [1.82, 2.24) is 4.83 Å². The van der Waals surface area contributed by atoms with Gasteiger partial charge in [0.2, 0.25) is 0 Å². The van der Waals surface area contributed by atoms with E-state index in [1.165, 1.54) is 12.1 Å². The van der Waals surface area contributed by atoms with Crippen LogP contribution >= 0.6 is 0 Å². The SMILES string of the molecule is Cc1ccc(S(=O)(=O)NN=Cc2ccc(C(F)(F)F)c(F)c2)cc1. The van der Waals surface area contributed by atoms with Crippen LogP contribution in [-0.4, -0.2) is 14.6 Å². The molecule has 0 spiro atoms. The molecule has 2 aromatic carbocycles. The average molecular weight is 360 g/mol. The van der Waals surface area contributed by atoms with Gasteiger partial charge >= 0.3 is 6.18 Å². The van der Waals surface area contributed by atoms with Crippen molar-refractivity contribution >= 4 is 16.2 Å². The molecule has 0 aromatic heterocycles. The minimum atomic E-state index is -4.80. The Kier molecular flexibility index (Phi) is 4.93. The Morgan fingerprint density at radius 2 is 1.71 bits per heavy atom. The van der Waals surface area contributed by atoms with Crippen LogP contribution in [0.1, 0.15) is 16.7 Å². The lowest BCUT2D eigenvalue weighted by Crippen LogP contribution is -2.18. The van der Waals surface area contributed by atoms with Crippen molar-refractivity contribution < 1.29 is 26.0 Å². The summed E-state index contributed by atoms with van der Waals surface area (Å²) in [5, 5.41) is 3.43. The van der Waals surface area contributed by atoms with E-state index in [2.05, 4.69) is 5.10 Å². The van der Waals surface area contributed by atoms with Crippen LogP contribution < -0.4 is 4.83 Å². The Bertz CT molecular complexity index is 860. The molecule has 0 radical (unpaired) electrons. The van der Waals surface area contributed by atoms with Gasteiger partial charge in [0.1, 0.15) is 5.82 Å². The van der Waals surface area contributed by atoms with E-state index < -0.39 is 27.6 Å². The van der Waals surface area contributed by atoms with Crippen molar-refractivity contribution in [3.63, 3.8) is 0 Å². The van der Waals surface area contributed by atoms with Crippen molar-refractivity contribution in [3.8, 4) is 0 Å². The van der Waals surface area contributed by atoms with E-state index in [-0.39, 0.29) is 10.5 Å². The van der Waals surface area contributed by atoms with E-state index in [0.717, 1.165) is 17.8 Å². The molecule has 0 fully saturated rings. The van der Waals surface area contributed by atoms with E-state index in [4.69, 9.17) is 0 Å². The standard InChI is InChI=1S/C15H12F4N2O2S/c1-10-2-5-12(6-3-10)24(22,23)21-20-9-11-4-7-13(14(16)8-11)15(17,18)19/h2-9,21H,1H3. The highest BCUT2D eigenvalue weighted by Crippen LogP contribution is 2.31. The fourth-order valence-electron chi connectivity index (χ4n) is 1.78. The number of nitrogens with zero attached hydrogens (tertiary/aromatic N) is 1. The summed E-state index contributed by atoms with van der Waals surface area (Å²) in [6.45, 7) is 1.79. The molecule has 0 aliphatic carbocycles. The lowest BCUT2D eigenvalue weighted by molar-refractivity contribution is -0.140. The van der Waals surface area contributed by atoms with Crippen molar-refractivity contribution in [2.24, 2.45) is 5.10 Å². The van der Waals surface area contributed by atoms with Gasteiger partial charge in [-0.05, 0) is 36.8 Å². The minimum Gasteiger partial charge on any atom is -0.206 e. The second kappa shape index (κ2) is 6.60. The van der Waals surface area contributed by atoms with Crippen LogP contribution in [0.4, 0.5) is 17.6 Å². The second-order valence-electron chi connectivity index (χ2n) is 4.90. The van der Waals surface area contributed by atoms with Crippen LogP contribution in [0.15, 0.2) is 52.5 Å². The maximum absolute atomic E-state index is 13.4. The van der Waals surface area contributed by atoms with Crippen molar-refractivity contribution in [3.05, 3.63) is 65.0 Å². The van der Waals surface area contributed by atoms with Gasteiger partial charge in [-0.15, -0.1) is 0 Å². The maximum atomic E-state index is 13.4. The predicted octanol–water partition coefficient (Wildman–Crippen LogP) is 3.47. The first-order valence-corrected chi connectivity index (χ1v) is 8.06. The molecule has 0 atom stereocenters. The summed E-state index contributed by atoms with van der Waals surface area (Å²) in [6.07, 6.45) is -3.89. The molecular formula is C15H12F4N2O2S. The van der Waals surface area contributed by atoms with Crippen LogP contribution in [0.5, 0.6) is 0 Å². The van der Waals surface area contributed by atoms with E-state index in [9.17, 15) is 26.0 Å². The third kappa shape index (κ3) is 4.31. The zero-order valence-electron chi connectivity index (χ0n) is 12.3. The molecule has 0 bridgehead atoms. The molecule has 0 saturated carbocycles. The van der Waals surface area contributed by atoms with E-state index in [1.54, 1.807) is 19.1 Å². The van der Waals surface area contributed by atoms with Crippen molar-refractivity contribution in [2.45, 2.75) is 18.0 Å². The first kappa shape index (κ1) is 17.9. The zero-order chi connectivity index (χ0) is 18.0. The molecule has 9 heteroatoms. The van der Waals surface area contributed by atoms with Gasteiger partial charge in [0, 0.05) is 0 Å². The first-order chi connectivity index (χ1) is 11.1. The van der Waals surface area contributed by atoms with Gasteiger partial charge in [0.25, 0.3) is 10.0 Å². The number of hydrazone groups is 1. The van der Waals surface area contributed by atoms with Gasteiger partial charge in [0.05, 0.1) is 16.7 Å². The van der Waals surface area contributed by atoms with Gasteiger partial charge < -0.3 is 0 Å². The monoisotopic (exact) mass is 360 g/mol. The molecule has 4 nitrogen and oxygen atoms in total. The average Bonchev–Trinajstić information content (AvgIpc) is 2.46. The Morgan fingerprint density at radius 1 is 1.08 bits per heavy atom. The summed E-state index contributed by atoms with van der Waals surface area (Å²) in [5.41, 5.74) is -0.551. The summed E-state index contributed by atoms with van der Waals surface area (Å²) in [7, 11) is -3.91. The Balaban J connectivity index is 2.14. The number of rotatable bonds is 4. The number of hydrogen-bond donors (Lipinski definition) is 1. The summed E-state index contributed by atoms with van der Waals surface area (Å²) in [5.74, 6) is -1.46. The molecule has 2 rings (SSSR count). The molecule has 2 aromatic rings. The number of sulfonamides is 1. The normalized spacial score (nSPS) is 12.5. The van der Waals surface area contributed by atoms with Gasteiger partial charge in [-0.2, -0.15) is 26.7 Å². The third-order valence-electron chi connectivity index (χ3n) is 3.02. The first-order valence-electron chi connectivity index (χ1n) is 6.58. The summed E-state index contributed by atoms with van der Waals surface area (Å²) < 4.78 is 74.6. The molecular weight excluding hydrogens is 348 g/mol. The number of alkyl halides is 3. The van der Waals surface area contributed by atoms with Crippen molar-refractivity contribution in [1.29, 1.82) is 0 Å². The van der Waals surface area contributed by atoms with Crippen LogP contribution in [0, 0.1) is 12.7 Å². The minimum absolute atomic E-state index is 0.0212. The topological polar surface area (TPSA) is 58.5 Å². The van der Waals surface area contributed by atoms with E-state index >= 15 is 0 Å². The molecule has 24 heavy (non-hydrogen) atoms. The Labute approximate surface area is 135 Å². The third-order valence-corrected chi connectivity index (χ3v) is 4.25. The number of hydrogen-bond acceptors (Lipinski definition) is 3. The van der Waals surface area contributed by atoms with E-state index in [0.29, 0.717) is 12.1 Å². The Hall–Kier alpha value is -2.42. The molecule has 0 saturated heterocycles. The zero-order valence-corrected chi connectivity index (χ0v) is 13.1. The lowest BCUT2D eigenvalue weighted by atomic mass is 10.1. The molecule has 0 unspecified atom stereocenters. The second-order valence-corrected chi connectivity index (χ2v) is 6.56. The largest absolute Gasteiger partial charge is 0.419 e. The highest BCUT2D eigenvalue weighted by molar-refractivity contribution is 7.89. The fraction of sp³-hybridized carbons (Fsp3) is 0.133. The quantitative estimate of drug-likeness (QED) is 0.516. The van der Waals surface area contributed by atoms with Gasteiger partial charge in [-0.1, -0.05) is 23.8 Å². The van der Waals surface area contributed by atoms with Gasteiger partial charge in [0.15, 0.2) is 0 Å². The van der Waals surface area contributed by atoms with Crippen LogP contribution in [0.25, 0.3) is 0 Å². The molecule has 128 valence electrons. The molecule has 0 aliphatic heterocycles. The summed E-state index contributed by atoms with van der Waals surface area (Å²) in [4.78, 5) is 1.88. The predicted molar refractivity (Wildman–Crippen MR) is 80.5 cm³/mol. The Morgan fingerprint density at radius 3 is 2.25 bits per heavy atom. The van der Waals surface area contributed by atoms with Crippen LogP contribution in [-0.2, 0) is 16.2 Å². The smallest absolute Gasteiger partial charge is 0.206 e. The molecule has 0 heterocycles. The summed E-state index contributed by atoms with van der Waals surface area (Å²) >= 11 is 0. The molecule has 0 aliphatic rings. The number of aryl methyl sites for hydroxylation is 1. The van der Waals surface area contributed by atoms with Gasteiger partial charge in [-0.25, -0.2) is 9.22 Å². The highest BCUT2D eigenvalue weighted by atomic mass is 32.2. The summed E-state index contributed by atoms with van der Waals surface area (Å²) in [6, 6.07) is 8.12. The molecule has 0 amide bonds. The molecule has 1 N–H and O–H groups in total.